The van der Waals surface area contributed by atoms with Gasteiger partial charge in [-0.25, -0.2) is 13.4 Å². The topological polar surface area (TPSA) is 92.1 Å². The van der Waals surface area contributed by atoms with E-state index in [0.29, 0.717) is 24.7 Å². The van der Waals surface area contributed by atoms with Gasteiger partial charge < -0.3 is 9.84 Å². The molecule has 1 N–H and O–H groups in total. The van der Waals surface area contributed by atoms with E-state index in [-0.39, 0.29) is 18.0 Å². The van der Waals surface area contributed by atoms with Gasteiger partial charge in [0.2, 0.25) is 15.9 Å². The maximum absolute atomic E-state index is 13.2. The third-order valence-electron chi connectivity index (χ3n) is 5.52. The van der Waals surface area contributed by atoms with Gasteiger partial charge in [-0.05, 0) is 47.0 Å². The summed E-state index contributed by atoms with van der Waals surface area (Å²) in [7, 11) is -3.67. The van der Waals surface area contributed by atoms with Crippen molar-refractivity contribution in [1.29, 1.82) is 0 Å². The molecular weight excluding hydrogens is 414 g/mol. The van der Waals surface area contributed by atoms with Gasteiger partial charge in [-0.15, -0.1) is 0 Å². The molecule has 5 rings (SSSR count). The van der Waals surface area contributed by atoms with Gasteiger partial charge in [0.1, 0.15) is 12.7 Å². The van der Waals surface area contributed by atoms with Crippen LogP contribution in [0.5, 0.6) is 0 Å². The molecule has 8 heteroatoms. The molecule has 0 fully saturated rings. The molecule has 2 aliphatic rings. The van der Waals surface area contributed by atoms with Crippen molar-refractivity contribution in [2.24, 2.45) is 4.99 Å². The van der Waals surface area contributed by atoms with E-state index < -0.39 is 16.1 Å². The molecule has 0 radical (unpaired) electrons. The number of benzene rings is 2. The van der Waals surface area contributed by atoms with Crippen molar-refractivity contribution in [1.82, 2.24) is 9.29 Å². The van der Waals surface area contributed by atoms with E-state index in [4.69, 9.17) is 4.74 Å². The van der Waals surface area contributed by atoms with Crippen LogP contribution in [0.15, 0.2) is 76.7 Å². The number of aliphatic hydroxyl groups is 1. The molecule has 3 aromatic rings. The Morgan fingerprint density at radius 2 is 1.74 bits per heavy atom. The van der Waals surface area contributed by atoms with Gasteiger partial charge >= 0.3 is 0 Å². The fraction of sp³-hybridized carbons (Fsp3) is 0.217. The van der Waals surface area contributed by atoms with Gasteiger partial charge in [0.15, 0.2) is 0 Å². The first-order chi connectivity index (χ1) is 15.0. The van der Waals surface area contributed by atoms with Crippen LogP contribution in [0.4, 0.5) is 0 Å². The van der Waals surface area contributed by atoms with Crippen molar-refractivity contribution in [2.45, 2.75) is 24.1 Å². The average molecular weight is 436 g/mol. The second-order valence-corrected chi connectivity index (χ2v) is 9.46. The van der Waals surface area contributed by atoms with Crippen LogP contribution in [0.25, 0.3) is 0 Å². The van der Waals surface area contributed by atoms with Gasteiger partial charge in [0.25, 0.3) is 0 Å². The van der Waals surface area contributed by atoms with Crippen LogP contribution < -0.4 is 0 Å². The summed E-state index contributed by atoms with van der Waals surface area (Å²) in [6, 6.07) is 17.7. The number of aromatic nitrogens is 1. The van der Waals surface area contributed by atoms with E-state index in [2.05, 4.69) is 9.98 Å². The van der Waals surface area contributed by atoms with Crippen LogP contribution in [0.1, 0.15) is 34.1 Å². The average Bonchev–Trinajstić information content (AvgIpc) is 3.49. The third-order valence-corrected chi connectivity index (χ3v) is 7.32. The Morgan fingerprint density at radius 3 is 2.45 bits per heavy atom. The Kier molecular flexibility index (Phi) is 5.05. The van der Waals surface area contributed by atoms with E-state index >= 15 is 0 Å². The highest BCUT2D eigenvalue weighted by Gasteiger charge is 2.31. The van der Waals surface area contributed by atoms with Crippen molar-refractivity contribution in [3.05, 3.63) is 94.8 Å². The molecule has 0 aliphatic carbocycles. The Balaban J connectivity index is 1.36. The fourth-order valence-corrected chi connectivity index (χ4v) is 5.22. The molecule has 0 saturated carbocycles. The Hall–Kier alpha value is -3.07. The zero-order valence-electron chi connectivity index (χ0n) is 16.7. The normalized spacial score (nSPS) is 17.1. The molecule has 0 spiro atoms. The second-order valence-electron chi connectivity index (χ2n) is 7.52. The van der Waals surface area contributed by atoms with Crippen LogP contribution >= 0.6 is 0 Å². The zero-order valence-corrected chi connectivity index (χ0v) is 17.5. The standard InChI is InChI=1S/C23H21N3O4S/c27-22(16-4-2-1-3-5-16)21-12-18-14-26(15-19(18)13-25-21)31(28,29)20-8-6-17(7-9-20)23-24-10-11-30-23/h1-9,12-13,22,27H,10-11,14-15H2/t22-/m1/s1. The molecule has 0 bridgehead atoms. The summed E-state index contributed by atoms with van der Waals surface area (Å²) in [5, 5.41) is 10.6. The fourth-order valence-electron chi connectivity index (χ4n) is 3.82. The summed E-state index contributed by atoms with van der Waals surface area (Å²) in [5.74, 6) is 0.549. The van der Waals surface area contributed by atoms with Crippen LogP contribution in [0.3, 0.4) is 0 Å². The summed E-state index contributed by atoms with van der Waals surface area (Å²) in [4.78, 5) is 8.85. The Morgan fingerprint density at radius 1 is 1.00 bits per heavy atom. The SMILES string of the molecule is O=S(=O)(c1ccc(C2=NCCO2)cc1)N1Cc2cnc([C@H](O)c3ccccc3)cc2C1. The van der Waals surface area contributed by atoms with Crippen molar-refractivity contribution in [2.75, 3.05) is 13.2 Å². The molecule has 2 aromatic carbocycles. The molecule has 7 nitrogen and oxygen atoms in total. The lowest BCUT2D eigenvalue weighted by Crippen LogP contribution is -2.25. The van der Waals surface area contributed by atoms with Crippen LogP contribution in [-0.4, -0.2) is 41.9 Å². The number of aliphatic hydroxyl groups excluding tert-OH is 1. The van der Waals surface area contributed by atoms with Gasteiger partial charge in [-0.2, -0.15) is 4.31 Å². The molecule has 1 aromatic heterocycles. The highest BCUT2D eigenvalue weighted by Crippen LogP contribution is 2.31. The molecule has 3 heterocycles. The molecule has 158 valence electrons. The number of fused-ring (bicyclic) bond motifs is 1. The number of sulfonamides is 1. The highest BCUT2D eigenvalue weighted by atomic mass is 32.2. The number of nitrogens with zero attached hydrogens (tertiary/aromatic N) is 3. The summed E-state index contributed by atoms with van der Waals surface area (Å²) in [6.07, 6.45) is 0.802. The predicted molar refractivity (Wildman–Crippen MR) is 115 cm³/mol. The number of hydrogen-bond donors (Lipinski definition) is 1. The monoisotopic (exact) mass is 435 g/mol. The maximum atomic E-state index is 13.2. The second kappa shape index (κ2) is 7.88. The number of aliphatic imine (C=N–C) groups is 1. The summed E-state index contributed by atoms with van der Waals surface area (Å²) in [6.45, 7) is 1.67. The van der Waals surface area contributed by atoms with Crippen molar-refractivity contribution in [3.8, 4) is 0 Å². The Bertz CT molecular complexity index is 1240. The van der Waals surface area contributed by atoms with Gasteiger partial charge in [0.05, 0.1) is 17.1 Å². The number of rotatable bonds is 5. The van der Waals surface area contributed by atoms with Crippen LogP contribution in [-0.2, 0) is 27.8 Å². The first-order valence-electron chi connectivity index (χ1n) is 10.0. The van der Waals surface area contributed by atoms with Gasteiger partial charge in [-0.1, -0.05) is 30.3 Å². The molecule has 1 atom stereocenters. The number of hydrogen-bond acceptors (Lipinski definition) is 6. The largest absolute Gasteiger partial charge is 0.476 e. The zero-order chi connectivity index (χ0) is 21.4. The van der Waals surface area contributed by atoms with E-state index in [1.165, 1.54) is 4.31 Å². The van der Waals surface area contributed by atoms with Crippen LogP contribution in [0.2, 0.25) is 0 Å². The molecule has 0 unspecified atom stereocenters. The maximum Gasteiger partial charge on any atom is 0.243 e. The lowest BCUT2D eigenvalue weighted by atomic mass is 10.0. The van der Waals surface area contributed by atoms with Crippen molar-refractivity contribution < 1.29 is 18.3 Å². The smallest absolute Gasteiger partial charge is 0.243 e. The highest BCUT2D eigenvalue weighted by molar-refractivity contribution is 7.89. The molecule has 0 amide bonds. The van der Waals surface area contributed by atoms with Crippen molar-refractivity contribution >= 4 is 15.9 Å². The predicted octanol–water partition coefficient (Wildman–Crippen LogP) is 2.64. The first kappa shape index (κ1) is 19.9. The summed E-state index contributed by atoms with van der Waals surface area (Å²) >= 11 is 0. The quantitative estimate of drug-likeness (QED) is 0.665. The van der Waals surface area contributed by atoms with Gasteiger partial charge in [0, 0.05) is 24.8 Å². The van der Waals surface area contributed by atoms with E-state index in [0.717, 1.165) is 22.3 Å². The Labute approximate surface area is 180 Å². The molecule has 2 aliphatic heterocycles. The van der Waals surface area contributed by atoms with E-state index in [9.17, 15) is 13.5 Å². The lowest BCUT2D eigenvalue weighted by Gasteiger charge is -2.16. The van der Waals surface area contributed by atoms with E-state index in [1.807, 2.05) is 30.3 Å². The summed E-state index contributed by atoms with van der Waals surface area (Å²) < 4.78 is 33.2. The minimum absolute atomic E-state index is 0.222. The summed E-state index contributed by atoms with van der Waals surface area (Å²) in [5.41, 5.74) is 3.72. The molecular formula is C23H21N3O4S. The first-order valence-corrected chi connectivity index (χ1v) is 11.4. The minimum Gasteiger partial charge on any atom is -0.476 e. The molecule has 0 saturated heterocycles. The van der Waals surface area contributed by atoms with Crippen molar-refractivity contribution in [3.63, 3.8) is 0 Å². The van der Waals surface area contributed by atoms with Gasteiger partial charge in [-0.3, -0.25) is 4.98 Å². The third kappa shape index (κ3) is 3.74. The van der Waals surface area contributed by atoms with Crippen LogP contribution in [0, 0.1) is 0 Å². The lowest BCUT2D eigenvalue weighted by molar-refractivity contribution is 0.215. The number of pyridine rings is 1. The minimum atomic E-state index is -3.67. The number of ether oxygens (including phenoxy) is 1. The van der Waals surface area contributed by atoms with E-state index in [1.54, 1.807) is 36.5 Å². The molecule has 31 heavy (non-hydrogen) atoms.